The van der Waals surface area contributed by atoms with Crippen molar-refractivity contribution in [3.05, 3.63) is 0 Å². The molecular weight excluding hydrogens is 171 g/mol. The summed E-state index contributed by atoms with van der Waals surface area (Å²) in [5, 5.41) is 10.2. The van der Waals surface area contributed by atoms with Crippen LogP contribution in [0.3, 0.4) is 0 Å². The molecule has 1 aliphatic rings. The first-order chi connectivity index (χ1) is 4.72. The normalized spacial score (nSPS) is 24.0. The molecule has 0 bridgehead atoms. The van der Waals surface area contributed by atoms with E-state index in [-0.39, 0.29) is 57.2 Å². The van der Waals surface area contributed by atoms with Gasteiger partial charge >= 0.3 is 51.4 Å². The van der Waals surface area contributed by atoms with Gasteiger partial charge < -0.3 is 9.90 Å². The number of carboxylic acids is 1. The van der Waals surface area contributed by atoms with Crippen molar-refractivity contribution in [3.63, 3.8) is 0 Å². The Kier molecular flexibility index (Phi) is 5.81. The van der Waals surface area contributed by atoms with Crippen LogP contribution in [0.4, 0.5) is 0 Å². The van der Waals surface area contributed by atoms with E-state index in [0.29, 0.717) is 12.8 Å². The van der Waals surface area contributed by atoms with Gasteiger partial charge in [0.2, 0.25) is 0 Å². The molecule has 0 N–H and O–H groups in total. The van der Waals surface area contributed by atoms with Crippen LogP contribution in [0.1, 0.15) is 25.7 Å². The van der Waals surface area contributed by atoms with Crippen LogP contribution in [0.25, 0.3) is 0 Å². The Morgan fingerprint density at radius 1 is 1.45 bits per heavy atom. The maximum Gasteiger partial charge on any atom is 1.00 e. The van der Waals surface area contributed by atoms with E-state index >= 15 is 0 Å². The maximum absolute atomic E-state index is 10.8. The van der Waals surface area contributed by atoms with Crippen molar-refractivity contribution in [2.75, 3.05) is 0 Å². The Labute approximate surface area is 108 Å². The second-order valence-electron chi connectivity index (χ2n) is 2.58. The van der Waals surface area contributed by atoms with Crippen LogP contribution in [0.5, 0.6) is 0 Å². The van der Waals surface area contributed by atoms with Crippen LogP contribution in [0.15, 0.2) is 0 Å². The summed E-state index contributed by atoms with van der Waals surface area (Å²) in [6.45, 7) is 0. The van der Waals surface area contributed by atoms with Gasteiger partial charge in [0.1, 0.15) is 5.78 Å². The van der Waals surface area contributed by atoms with Gasteiger partial charge in [0.15, 0.2) is 0 Å². The molecule has 0 heterocycles. The number of carboxylic acid groups (broad SMARTS) is 1. The van der Waals surface area contributed by atoms with Gasteiger partial charge in [0.05, 0.1) is 11.9 Å². The van der Waals surface area contributed by atoms with Crippen LogP contribution in [0, 0.1) is 5.92 Å². The monoisotopic (exact) mass is 180 g/mol. The summed E-state index contributed by atoms with van der Waals surface area (Å²) in [5.74, 6) is -2.18. The molecule has 4 heteroatoms. The standard InChI is InChI=1S/C7H10O3.K/c8-6-4-2-1-3-5(6)7(9)10;/h5H,1-4H2,(H,9,10);/q;+1/p-1. The smallest absolute Gasteiger partial charge is 0.549 e. The molecule has 0 saturated heterocycles. The van der Waals surface area contributed by atoms with Crippen molar-refractivity contribution in [2.24, 2.45) is 5.92 Å². The number of carbonyl (C=O) groups is 2. The molecule has 1 fully saturated rings. The SMILES string of the molecule is O=C([O-])C1CCCCC1=O.[K+]. The summed E-state index contributed by atoms with van der Waals surface area (Å²) >= 11 is 0. The first-order valence-electron chi connectivity index (χ1n) is 3.45. The van der Waals surface area contributed by atoms with Crippen molar-refractivity contribution >= 4 is 11.8 Å². The molecule has 1 saturated carbocycles. The van der Waals surface area contributed by atoms with Gasteiger partial charge in [-0.15, -0.1) is 0 Å². The minimum absolute atomic E-state index is 0. The van der Waals surface area contributed by atoms with E-state index in [2.05, 4.69) is 0 Å². The number of aliphatic carboxylic acids is 1. The molecule has 0 aromatic rings. The predicted molar refractivity (Wildman–Crippen MR) is 32.0 cm³/mol. The van der Waals surface area contributed by atoms with Gasteiger partial charge in [-0.1, -0.05) is 6.42 Å². The Balaban J connectivity index is 0.000001000. The van der Waals surface area contributed by atoms with Crippen molar-refractivity contribution in [3.8, 4) is 0 Å². The van der Waals surface area contributed by atoms with Crippen LogP contribution < -0.4 is 56.5 Å². The summed E-state index contributed by atoms with van der Waals surface area (Å²) in [6.07, 6.45) is 2.56. The molecular formula is C7H9KO3. The molecule has 11 heavy (non-hydrogen) atoms. The minimum atomic E-state index is -1.20. The first kappa shape index (κ1) is 11.8. The number of hydrogen-bond donors (Lipinski definition) is 0. The van der Waals surface area contributed by atoms with E-state index in [9.17, 15) is 14.7 Å². The summed E-state index contributed by atoms with van der Waals surface area (Å²) in [4.78, 5) is 21.0. The van der Waals surface area contributed by atoms with Gasteiger partial charge in [-0.05, 0) is 12.8 Å². The topological polar surface area (TPSA) is 57.2 Å². The van der Waals surface area contributed by atoms with Gasteiger partial charge in [0.25, 0.3) is 0 Å². The van der Waals surface area contributed by atoms with Crippen molar-refractivity contribution in [2.45, 2.75) is 25.7 Å². The van der Waals surface area contributed by atoms with Gasteiger partial charge in [0, 0.05) is 6.42 Å². The van der Waals surface area contributed by atoms with Crippen molar-refractivity contribution in [1.29, 1.82) is 0 Å². The molecule has 0 aliphatic heterocycles. The van der Waals surface area contributed by atoms with E-state index in [4.69, 9.17) is 0 Å². The zero-order valence-corrected chi connectivity index (χ0v) is 9.75. The summed E-state index contributed by atoms with van der Waals surface area (Å²) < 4.78 is 0. The fraction of sp³-hybridized carbons (Fsp3) is 0.714. The largest absolute Gasteiger partial charge is 1.00 e. The van der Waals surface area contributed by atoms with Gasteiger partial charge in [-0.3, -0.25) is 4.79 Å². The molecule has 1 rings (SSSR count). The average molecular weight is 180 g/mol. The third kappa shape index (κ3) is 3.33. The number of ketones is 1. The quantitative estimate of drug-likeness (QED) is 0.311. The van der Waals surface area contributed by atoms with E-state index in [0.717, 1.165) is 12.8 Å². The molecule has 0 radical (unpaired) electrons. The molecule has 3 nitrogen and oxygen atoms in total. The van der Waals surface area contributed by atoms with Crippen LogP contribution in [0.2, 0.25) is 0 Å². The van der Waals surface area contributed by atoms with Crippen LogP contribution in [-0.2, 0) is 9.59 Å². The summed E-state index contributed by atoms with van der Waals surface area (Å²) in [5.41, 5.74) is 0. The molecule has 56 valence electrons. The van der Waals surface area contributed by atoms with Crippen molar-refractivity contribution < 1.29 is 66.1 Å². The Hall–Kier alpha value is 0.776. The zero-order valence-electron chi connectivity index (χ0n) is 6.63. The fourth-order valence-corrected chi connectivity index (χ4v) is 1.23. The Bertz CT molecular complexity index is 167. The molecule has 1 unspecified atom stereocenters. The number of Topliss-reactive ketones (excluding diaryl/α,β-unsaturated/α-hetero) is 1. The van der Waals surface area contributed by atoms with Gasteiger partial charge in [-0.25, -0.2) is 0 Å². The average Bonchev–Trinajstić information content (AvgIpc) is 1.88. The minimum Gasteiger partial charge on any atom is -0.549 e. The first-order valence-corrected chi connectivity index (χ1v) is 3.45. The fourth-order valence-electron chi connectivity index (χ4n) is 1.23. The third-order valence-electron chi connectivity index (χ3n) is 1.84. The predicted octanol–water partition coefficient (Wildman–Crippen LogP) is -3.50. The second kappa shape index (κ2) is 5.43. The molecule has 1 aliphatic carbocycles. The van der Waals surface area contributed by atoms with E-state index < -0.39 is 11.9 Å². The number of hydrogen-bond acceptors (Lipinski definition) is 3. The molecule has 0 spiro atoms. The second-order valence-corrected chi connectivity index (χ2v) is 2.58. The third-order valence-corrected chi connectivity index (χ3v) is 1.84. The molecule has 1 atom stereocenters. The zero-order chi connectivity index (χ0) is 7.56. The summed E-state index contributed by atoms with van der Waals surface area (Å²) in [7, 11) is 0. The van der Waals surface area contributed by atoms with Crippen LogP contribution >= 0.6 is 0 Å². The number of rotatable bonds is 1. The van der Waals surface area contributed by atoms with Crippen LogP contribution in [-0.4, -0.2) is 11.8 Å². The van der Waals surface area contributed by atoms with E-state index in [1.807, 2.05) is 0 Å². The van der Waals surface area contributed by atoms with Gasteiger partial charge in [-0.2, -0.15) is 0 Å². The Morgan fingerprint density at radius 2 is 2.09 bits per heavy atom. The van der Waals surface area contributed by atoms with E-state index in [1.165, 1.54) is 0 Å². The Morgan fingerprint density at radius 3 is 2.45 bits per heavy atom. The number of carbonyl (C=O) groups excluding carboxylic acids is 2. The summed E-state index contributed by atoms with van der Waals surface area (Å²) in [6, 6.07) is 0. The molecule has 0 aromatic carbocycles. The maximum atomic E-state index is 10.8. The molecule has 0 aromatic heterocycles. The van der Waals surface area contributed by atoms with Crippen molar-refractivity contribution in [1.82, 2.24) is 0 Å². The van der Waals surface area contributed by atoms with E-state index in [1.54, 1.807) is 0 Å². The molecule has 0 amide bonds.